The largest absolute Gasteiger partial charge is 1.00 e. The van der Waals surface area contributed by atoms with Crippen molar-refractivity contribution in [1.29, 1.82) is 0 Å². The van der Waals surface area contributed by atoms with Crippen molar-refractivity contribution in [2.75, 3.05) is 0 Å². The number of furan rings is 1. The molecule has 1 aromatic rings. The molecule has 32 heavy (non-hydrogen) atoms. The minimum Gasteiger partial charge on any atom is -0.726 e. The molecular formula is C25H41NaO5S. The minimum atomic E-state index is -4.92. The number of hydrogen-bond donors (Lipinski definition) is 1. The smallest absolute Gasteiger partial charge is 0.726 e. The quantitative estimate of drug-likeness (QED) is 0.280. The van der Waals surface area contributed by atoms with Crippen molar-refractivity contribution in [1.82, 2.24) is 0 Å². The molecule has 1 saturated carbocycles. The van der Waals surface area contributed by atoms with Crippen molar-refractivity contribution in [2.24, 2.45) is 28.6 Å². The van der Waals surface area contributed by atoms with Gasteiger partial charge in [-0.2, -0.15) is 0 Å². The SMILES string of the molecule is CC(CCCc1ccoc1)CCC1(C)C2=CCCC(C)(C)C2CCC1C.O=S(=O)([O-])O.[Na+]. The van der Waals surface area contributed by atoms with E-state index in [1.54, 1.807) is 6.26 Å². The second-order valence-electron chi connectivity index (χ2n) is 10.7. The molecule has 1 aromatic heterocycles. The van der Waals surface area contributed by atoms with E-state index in [4.69, 9.17) is 21.9 Å². The molecule has 5 nitrogen and oxygen atoms in total. The van der Waals surface area contributed by atoms with E-state index < -0.39 is 10.4 Å². The molecule has 0 spiro atoms. The molecule has 0 bridgehead atoms. The molecule has 178 valence electrons. The fourth-order valence-electron chi connectivity index (χ4n) is 5.71. The summed E-state index contributed by atoms with van der Waals surface area (Å²) in [5.41, 5.74) is 4.11. The van der Waals surface area contributed by atoms with Gasteiger partial charge in [0.05, 0.1) is 12.5 Å². The second kappa shape index (κ2) is 12.6. The van der Waals surface area contributed by atoms with Crippen molar-refractivity contribution >= 4 is 10.4 Å². The molecule has 4 atom stereocenters. The van der Waals surface area contributed by atoms with Gasteiger partial charge in [0.15, 0.2) is 0 Å². The zero-order valence-corrected chi connectivity index (χ0v) is 23.7. The van der Waals surface area contributed by atoms with Crippen molar-refractivity contribution in [3.05, 3.63) is 35.8 Å². The summed E-state index contributed by atoms with van der Waals surface area (Å²) >= 11 is 0. The van der Waals surface area contributed by atoms with Crippen LogP contribution in [0.25, 0.3) is 0 Å². The minimum absolute atomic E-state index is 0. The summed E-state index contributed by atoms with van der Waals surface area (Å²) < 4.78 is 38.0. The van der Waals surface area contributed by atoms with Gasteiger partial charge in [0.25, 0.3) is 0 Å². The molecule has 2 aliphatic rings. The first kappa shape index (κ1) is 29.9. The van der Waals surface area contributed by atoms with Crippen LogP contribution in [0.1, 0.15) is 91.5 Å². The maximum atomic E-state index is 8.63. The van der Waals surface area contributed by atoms with Crippen LogP contribution in [0.2, 0.25) is 0 Å². The normalized spacial score (nSPS) is 27.8. The third-order valence-corrected chi connectivity index (χ3v) is 8.01. The predicted molar refractivity (Wildman–Crippen MR) is 123 cm³/mol. The molecule has 3 rings (SSSR count). The fourth-order valence-corrected chi connectivity index (χ4v) is 5.71. The summed E-state index contributed by atoms with van der Waals surface area (Å²) in [6.07, 6.45) is 18.4. The average molecular weight is 477 g/mol. The monoisotopic (exact) mass is 476 g/mol. The van der Waals surface area contributed by atoms with E-state index >= 15 is 0 Å². The van der Waals surface area contributed by atoms with E-state index in [0.29, 0.717) is 10.8 Å². The van der Waals surface area contributed by atoms with Crippen molar-refractivity contribution in [3.8, 4) is 0 Å². The van der Waals surface area contributed by atoms with Crippen LogP contribution in [-0.2, 0) is 16.8 Å². The number of fused-ring (bicyclic) bond motifs is 1. The van der Waals surface area contributed by atoms with Gasteiger partial charge in [-0.15, -0.1) is 0 Å². The Morgan fingerprint density at radius 1 is 1.25 bits per heavy atom. The third-order valence-electron chi connectivity index (χ3n) is 8.01. The summed E-state index contributed by atoms with van der Waals surface area (Å²) in [6.45, 7) is 12.6. The molecule has 0 aliphatic heterocycles. The maximum Gasteiger partial charge on any atom is 1.00 e. The van der Waals surface area contributed by atoms with Gasteiger partial charge in [-0.05, 0) is 91.6 Å². The summed E-state index contributed by atoms with van der Waals surface area (Å²) in [7, 11) is -4.92. The third kappa shape index (κ3) is 8.92. The molecule has 0 aromatic carbocycles. The van der Waals surface area contributed by atoms with Gasteiger partial charge in [0.1, 0.15) is 0 Å². The molecule has 2 aliphatic carbocycles. The Hall–Kier alpha value is -0.110. The predicted octanol–water partition coefficient (Wildman–Crippen LogP) is 3.83. The van der Waals surface area contributed by atoms with E-state index in [-0.39, 0.29) is 29.6 Å². The number of allylic oxidation sites excluding steroid dienone is 2. The van der Waals surface area contributed by atoms with Gasteiger partial charge in [0.2, 0.25) is 10.4 Å². The topological polar surface area (TPSA) is 90.6 Å². The van der Waals surface area contributed by atoms with Gasteiger partial charge >= 0.3 is 29.6 Å². The first-order valence-electron chi connectivity index (χ1n) is 11.7. The van der Waals surface area contributed by atoms with E-state index in [9.17, 15) is 0 Å². The van der Waals surface area contributed by atoms with Crippen molar-refractivity contribution in [2.45, 2.75) is 92.4 Å². The van der Waals surface area contributed by atoms with E-state index in [1.807, 2.05) is 11.8 Å². The molecule has 7 heteroatoms. The average Bonchev–Trinajstić information content (AvgIpc) is 3.15. The number of rotatable bonds is 7. The van der Waals surface area contributed by atoms with Crippen LogP contribution in [0.4, 0.5) is 0 Å². The first-order chi connectivity index (χ1) is 14.3. The van der Waals surface area contributed by atoms with Crippen LogP contribution in [0.15, 0.2) is 34.7 Å². The molecule has 1 fully saturated rings. The Morgan fingerprint density at radius 2 is 1.91 bits per heavy atom. The fraction of sp³-hybridized carbons (Fsp3) is 0.760. The van der Waals surface area contributed by atoms with Gasteiger partial charge in [-0.25, -0.2) is 8.42 Å². The Labute approximate surface area is 217 Å². The number of hydrogen-bond acceptors (Lipinski definition) is 4. The molecule has 0 radical (unpaired) electrons. The van der Waals surface area contributed by atoms with E-state index in [1.165, 1.54) is 56.9 Å². The van der Waals surface area contributed by atoms with E-state index in [0.717, 1.165) is 24.2 Å². The Kier molecular flexibility index (Phi) is 11.7. The van der Waals surface area contributed by atoms with Crippen LogP contribution in [0.3, 0.4) is 0 Å². The van der Waals surface area contributed by atoms with Gasteiger partial charge < -0.3 is 8.97 Å². The van der Waals surface area contributed by atoms with Crippen LogP contribution in [0, 0.1) is 28.6 Å². The maximum absolute atomic E-state index is 8.63. The summed E-state index contributed by atoms with van der Waals surface area (Å²) in [5.74, 6) is 2.48. The Morgan fingerprint density at radius 3 is 2.50 bits per heavy atom. The Bertz CT molecular complexity index is 807. The molecular weight excluding hydrogens is 435 g/mol. The summed E-state index contributed by atoms with van der Waals surface area (Å²) in [4.78, 5) is 0. The Balaban J connectivity index is 0.000000770. The van der Waals surface area contributed by atoms with Gasteiger partial charge in [-0.1, -0.05) is 52.7 Å². The van der Waals surface area contributed by atoms with Crippen molar-refractivity contribution < 1.29 is 51.5 Å². The van der Waals surface area contributed by atoms with Crippen LogP contribution < -0.4 is 29.6 Å². The molecule has 0 saturated heterocycles. The first-order valence-corrected chi connectivity index (χ1v) is 13.1. The summed E-state index contributed by atoms with van der Waals surface area (Å²) in [6, 6.07) is 2.10. The molecule has 4 unspecified atom stereocenters. The van der Waals surface area contributed by atoms with Gasteiger partial charge in [0, 0.05) is 0 Å². The van der Waals surface area contributed by atoms with Crippen LogP contribution >= 0.6 is 0 Å². The van der Waals surface area contributed by atoms with Gasteiger partial charge in [-0.3, -0.25) is 4.55 Å². The van der Waals surface area contributed by atoms with Crippen LogP contribution in [-0.4, -0.2) is 17.5 Å². The second-order valence-corrected chi connectivity index (χ2v) is 11.6. The zero-order valence-electron chi connectivity index (χ0n) is 20.9. The molecule has 1 heterocycles. The zero-order chi connectivity index (χ0) is 23.3. The molecule has 1 N–H and O–H groups in total. The molecule has 0 amide bonds. The standard InChI is InChI=1S/C25H40O.Na.H2O4S/c1-19(8-6-9-21-14-17-26-18-21)13-16-25(5)20(2)11-12-22-23(25)10-7-15-24(22,3)4;;1-5(2,3)4/h10,14,17-20,22H,6-9,11-13,15-16H2,1-5H3;;(H2,1,2,3,4)/q;+1;/p-1. The number of aryl methyl sites for hydroxylation is 1. The summed E-state index contributed by atoms with van der Waals surface area (Å²) in [5, 5.41) is 0. The van der Waals surface area contributed by atoms with Crippen LogP contribution in [0.5, 0.6) is 0 Å². The van der Waals surface area contributed by atoms with Crippen molar-refractivity contribution in [3.63, 3.8) is 0 Å². The van der Waals surface area contributed by atoms with E-state index in [2.05, 4.69) is 46.8 Å².